The van der Waals surface area contributed by atoms with E-state index in [1.807, 2.05) is 0 Å². The number of aliphatic hydroxyl groups excluding tert-OH is 1. The van der Waals surface area contributed by atoms with Crippen LogP contribution in [0, 0.1) is 11.3 Å². The third-order valence-electron chi connectivity index (χ3n) is 2.68. The topological polar surface area (TPSA) is 20.2 Å². The minimum absolute atomic E-state index is 0.0463. The summed E-state index contributed by atoms with van der Waals surface area (Å²) in [5, 5.41) is 9.54. The maximum Gasteiger partial charge on any atom is 0.0545 e. The molecule has 1 aliphatic carbocycles. The summed E-state index contributed by atoms with van der Waals surface area (Å²) in [7, 11) is 0. The van der Waals surface area contributed by atoms with Gasteiger partial charge in [-0.25, -0.2) is 0 Å². The minimum atomic E-state index is -0.0463. The molecule has 0 spiro atoms. The van der Waals surface area contributed by atoms with Crippen LogP contribution in [-0.2, 0) is 0 Å². The average Bonchev–Trinajstić information content (AvgIpc) is 1.89. The molecule has 0 amide bonds. The number of aliphatic hydroxyl groups is 1. The summed E-state index contributed by atoms with van der Waals surface area (Å²) < 4.78 is 0. The normalized spacial score (nSPS) is 38.2. The van der Waals surface area contributed by atoms with Gasteiger partial charge >= 0.3 is 0 Å². The second-order valence-corrected chi connectivity index (χ2v) is 4.91. The van der Waals surface area contributed by atoms with Gasteiger partial charge in [-0.2, -0.15) is 0 Å². The predicted molar refractivity (Wildman–Crippen MR) is 47.4 cm³/mol. The zero-order valence-corrected chi connectivity index (χ0v) is 7.93. The van der Waals surface area contributed by atoms with Crippen molar-refractivity contribution in [1.82, 2.24) is 0 Å². The summed E-state index contributed by atoms with van der Waals surface area (Å²) in [5.41, 5.74) is 0.356. The Morgan fingerprint density at radius 1 is 1.18 bits per heavy atom. The fourth-order valence-electron chi connectivity index (χ4n) is 2.35. The molecule has 0 saturated heterocycles. The van der Waals surface area contributed by atoms with Crippen molar-refractivity contribution in [3.63, 3.8) is 0 Å². The van der Waals surface area contributed by atoms with E-state index in [1.54, 1.807) is 0 Å². The first kappa shape index (κ1) is 9.05. The lowest BCUT2D eigenvalue weighted by Crippen LogP contribution is -2.18. The van der Waals surface area contributed by atoms with Crippen LogP contribution in [0.3, 0.4) is 0 Å². The maximum atomic E-state index is 9.54. The Morgan fingerprint density at radius 3 is 2.45 bits per heavy atom. The summed E-state index contributed by atoms with van der Waals surface area (Å²) in [4.78, 5) is 0. The predicted octanol–water partition coefficient (Wildman–Crippen LogP) is 2.58. The molecule has 1 saturated carbocycles. The van der Waals surface area contributed by atoms with Crippen LogP contribution in [0.2, 0.25) is 0 Å². The van der Waals surface area contributed by atoms with E-state index in [-0.39, 0.29) is 6.10 Å². The fraction of sp³-hybridized carbons (Fsp3) is 1.00. The maximum absolute atomic E-state index is 9.54. The molecule has 1 rings (SSSR count). The van der Waals surface area contributed by atoms with Gasteiger partial charge in [-0.3, -0.25) is 0 Å². The van der Waals surface area contributed by atoms with Gasteiger partial charge in [0.05, 0.1) is 6.10 Å². The van der Waals surface area contributed by atoms with Crippen molar-refractivity contribution in [3.8, 4) is 0 Å². The van der Waals surface area contributed by atoms with E-state index in [1.165, 1.54) is 12.8 Å². The zero-order chi connectivity index (χ0) is 8.48. The van der Waals surface area contributed by atoms with E-state index in [4.69, 9.17) is 0 Å². The molecule has 1 N–H and O–H groups in total. The molecular formula is C10H20O. The molecule has 11 heavy (non-hydrogen) atoms. The largest absolute Gasteiger partial charge is 0.393 e. The third kappa shape index (κ3) is 2.82. The van der Waals surface area contributed by atoms with Gasteiger partial charge in [0.2, 0.25) is 0 Å². The molecule has 0 unspecified atom stereocenters. The standard InChI is InChI=1S/C10H20O/c1-8-4-5-9(11)7-10(2,3)6-8/h8-9,11H,4-7H2,1-3H3/t8-,9+/m1/s1. The minimum Gasteiger partial charge on any atom is -0.393 e. The van der Waals surface area contributed by atoms with Crippen molar-refractivity contribution < 1.29 is 5.11 Å². The zero-order valence-electron chi connectivity index (χ0n) is 7.93. The second kappa shape index (κ2) is 3.14. The van der Waals surface area contributed by atoms with Crippen LogP contribution in [-0.4, -0.2) is 11.2 Å². The Bertz CT molecular complexity index is 115. The average molecular weight is 156 g/mol. The molecule has 1 fully saturated rings. The van der Waals surface area contributed by atoms with E-state index in [9.17, 15) is 5.11 Å². The van der Waals surface area contributed by atoms with Gasteiger partial charge in [0.25, 0.3) is 0 Å². The molecule has 0 aromatic rings. The lowest BCUT2D eigenvalue weighted by Gasteiger charge is -2.25. The molecule has 1 heteroatoms. The molecule has 0 radical (unpaired) electrons. The molecule has 0 aromatic carbocycles. The summed E-state index contributed by atoms with van der Waals surface area (Å²) in [6.07, 6.45) is 4.41. The molecule has 0 aliphatic heterocycles. The Kier molecular flexibility index (Phi) is 2.58. The second-order valence-electron chi connectivity index (χ2n) is 4.91. The van der Waals surface area contributed by atoms with Crippen molar-refractivity contribution in [2.24, 2.45) is 11.3 Å². The smallest absolute Gasteiger partial charge is 0.0545 e. The Hall–Kier alpha value is -0.0400. The van der Waals surface area contributed by atoms with Gasteiger partial charge in [-0.15, -0.1) is 0 Å². The molecule has 66 valence electrons. The monoisotopic (exact) mass is 156 g/mol. The lowest BCUT2D eigenvalue weighted by atomic mass is 9.81. The molecule has 1 nitrogen and oxygen atoms in total. The number of hydrogen-bond acceptors (Lipinski definition) is 1. The van der Waals surface area contributed by atoms with E-state index in [0.717, 1.165) is 18.8 Å². The first-order valence-corrected chi connectivity index (χ1v) is 4.68. The number of hydrogen-bond donors (Lipinski definition) is 1. The fourth-order valence-corrected chi connectivity index (χ4v) is 2.35. The Balaban J connectivity index is 2.55. The first-order chi connectivity index (χ1) is 4.99. The summed E-state index contributed by atoms with van der Waals surface area (Å²) in [6.45, 7) is 6.82. The van der Waals surface area contributed by atoms with Crippen LogP contribution >= 0.6 is 0 Å². The van der Waals surface area contributed by atoms with Gasteiger partial charge in [0.15, 0.2) is 0 Å². The van der Waals surface area contributed by atoms with Crippen LogP contribution in [0.25, 0.3) is 0 Å². The van der Waals surface area contributed by atoms with E-state index in [0.29, 0.717) is 5.41 Å². The van der Waals surface area contributed by atoms with Crippen LogP contribution < -0.4 is 0 Å². The Morgan fingerprint density at radius 2 is 1.82 bits per heavy atom. The summed E-state index contributed by atoms with van der Waals surface area (Å²) >= 11 is 0. The molecule has 2 atom stereocenters. The lowest BCUT2D eigenvalue weighted by molar-refractivity contribution is 0.116. The van der Waals surface area contributed by atoms with Crippen LogP contribution in [0.1, 0.15) is 46.5 Å². The van der Waals surface area contributed by atoms with Gasteiger partial charge in [0.1, 0.15) is 0 Å². The van der Waals surface area contributed by atoms with E-state index >= 15 is 0 Å². The highest BCUT2D eigenvalue weighted by Crippen LogP contribution is 2.36. The molecular weight excluding hydrogens is 136 g/mol. The quantitative estimate of drug-likeness (QED) is 0.534. The van der Waals surface area contributed by atoms with Gasteiger partial charge < -0.3 is 5.11 Å². The number of rotatable bonds is 0. The van der Waals surface area contributed by atoms with E-state index < -0.39 is 0 Å². The molecule has 1 aliphatic rings. The van der Waals surface area contributed by atoms with Gasteiger partial charge in [0, 0.05) is 0 Å². The van der Waals surface area contributed by atoms with Crippen molar-refractivity contribution in [2.75, 3.05) is 0 Å². The highest BCUT2D eigenvalue weighted by Gasteiger charge is 2.27. The van der Waals surface area contributed by atoms with E-state index in [2.05, 4.69) is 20.8 Å². The molecule has 0 heterocycles. The van der Waals surface area contributed by atoms with Crippen LogP contribution in [0.5, 0.6) is 0 Å². The van der Waals surface area contributed by atoms with Crippen molar-refractivity contribution in [1.29, 1.82) is 0 Å². The Labute approximate surface area is 69.8 Å². The molecule has 0 bridgehead atoms. The third-order valence-corrected chi connectivity index (χ3v) is 2.68. The first-order valence-electron chi connectivity index (χ1n) is 4.68. The highest BCUT2D eigenvalue weighted by molar-refractivity contribution is 4.79. The van der Waals surface area contributed by atoms with Gasteiger partial charge in [-0.1, -0.05) is 20.8 Å². The SMILES string of the molecule is C[C@@H]1CC[C@H](O)CC(C)(C)C1. The summed E-state index contributed by atoms with van der Waals surface area (Å²) in [6, 6.07) is 0. The van der Waals surface area contributed by atoms with Crippen LogP contribution in [0.15, 0.2) is 0 Å². The summed E-state index contributed by atoms with van der Waals surface area (Å²) in [5.74, 6) is 0.794. The van der Waals surface area contributed by atoms with Gasteiger partial charge in [-0.05, 0) is 37.0 Å². The highest BCUT2D eigenvalue weighted by atomic mass is 16.3. The van der Waals surface area contributed by atoms with Crippen molar-refractivity contribution in [3.05, 3.63) is 0 Å². The van der Waals surface area contributed by atoms with Crippen molar-refractivity contribution >= 4 is 0 Å². The molecule has 0 aromatic heterocycles. The van der Waals surface area contributed by atoms with Crippen molar-refractivity contribution in [2.45, 2.75) is 52.6 Å². The van der Waals surface area contributed by atoms with Crippen LogP contribution in [0.4, 0.5) is 0 Å².